The van der Waals surface area contributed by atoms with Crippen LogP contribution in [-0.4, -0.2) is 42.8 Å². The smallest absolute Gasteiger partial charge is 0.311 e. The molecule has 1 saturated heterocycles. The molecule has 2 nitrogen and oxygen atoms in total. The molecule has 1 aliphatic heterocycles. The molecule has 19 heavy (non-hydrogen) atoms. The van der Waals surface area contributed by atoms with Crippen LogP contribution in [0.1, 0.15) is 40.5 Å². The van der Waals surface area contributed by atoms with Gasteiger partial charge in [-0.15, -0.1) is 0 Å². The van der Waals surface area contributed by atoms with Gasteiger partial charge in [0.1, 0.15) is 0 Å². The predicted octanol–water partition coefficient (Wildman–Crippen LogP) is 3.28. The van der Waals surface area contributed by atoms with Gasteiger partial charge in [0.2, 0.25) is 0 Å². The van der Waals surface area contributed by atoms with Crippen LogP contribution in [0.15, 0.2) is 0 Å². The van der Waals surface area contributed by atoms with Crippen LogP contribution in [0.4, 0.5) is 13.2 Å². The van der Waals surface area contributed by atoms with E-state index in [9.17, 15) is 13.2 Å². The molecule has 0 aromatic carbocycles. The topological polar surface area (TPSA) is 15.3 Å². The summed E-state index contributed by atoms with van der Waals surface area (Å²) in [5, 5.41) is 3.52. The van der Waals surface area contributed by atoms with Gasteiger partial charge in [0.15, 0.2) is 0 Å². The third-order valence-corrected chi connectivity index (χ3v) is 3.97. The van der Waals surface area contributed by atoms with E-state index in [-0.39, 0.29) is 6.42 Å². The quantitative estimate of drug-likeness (QED) is 0.831. The third kappa shape index (κ3) is 5.69. The van der Waals surface area contributed by atoms with Crippen molar-refractivity contribution in [2.75, 3.05) is 19.6 Å². The number of nitrogens with zero attached hydrogens (tertiary/aromatic N) is 1. The lowest BCUT2D eigenvalue weighted by molar-refractivity contribution is -0.136. The van der Waals surface area contributed by atoms with Crippen LogP contribution >= 0.6 is 0 Å². The van der Waals surface area contributed by atoms with Crippen LogP contribution in [0.3, 0.4) is 0 Å². The van der Waals surface area contributed by atoms with Crippen molar-refractivity contribution in [2.45, 2.75) is 58.8 Å². The number of nitrogens with one attached hydrogen (secondary N) is 1. The zero-order valence-electron chi connectivity index (χ0n) is 12.4. The fourth-order valence-corrected chi connectivity index (χ4v) is 2.70. The van der Waals surface area contributed by atoms with Gasteiger partial charge in [-0.25, -0.2) is 0 Å². The number of halogens is 3. The lowest BCUT2D eigenvalue weighted by Gasteiger charge is -2.43. The summed E-state index contributed by atoms with van der Waals surface area (Å²) in [7, 11) is 0. The Bertz CT molecular complexity index is 264. The van der Waals surface area contributed by atoms with Crippen molar-refractivity contribution in [1.82, 2.24) is 10.2 Å². The molecule has 0 bridgehead atoms. The van der Waals surface area contributed by atoms with Crippen LogP contribution in [0.5, 0.6) is 0 Å². The summed E-state index contributed by atoms with van der Waals surface area (Å²) in [6.07, 6.45) is -4.50. The standard InChI is InChI=1S/C14H27F3N2/c1-10(2)12-9-19(7-5-6-14(15,16)17)13(8-18-12)11(3)4/h10-13,18H,5-9H2,1-4H3. The highest BCUT2D eigenvalue weighted by Gasteiger charge is 2.32. The molecule has 1 N–H and O–H groups in total. The predicted molar refractivity (Wildman–Crippen MR) is 72.1 cm³/mol. The molecule has 0 spiro atoms. The van der Waals surface area contributed by atoms with Crippen molar-refractivity contribution in [3.63, 3.8) is 0 Å². The summed E-state index contributed by atoms with van der Waals surface area (Å²) in [5.41, 5.74) is 0. The Morgan fingerprint density at radius 2 is 1.79 bits per heavy atom. The van der Waals surface area contributed by atoms with E-state index in [1.165, 1.54) is 0 Å². The minimum absolute atomic E-state index is 0.206. The van der Waals surface area contributed by atoms with E-state index >= 15 is 0 Å². The van der Waals surface area contributed by atoms with Gasteiger partial charge in [-0.2, -0.15) is 13.2 Å². The zero-order chi connectivity index (χ0) is 14.6. The van der Waals surface area contributed by atoms with Gasteiger partial charge in [-0.05, 0) is 24.8 Å². The first kappa shape index (κ1) is 16.8. The van der Waals surface area contributed by atoms with E-state index in [1.807, 2.05) is 0 Å². The third-order valence-electron chi connectivity index (χ3n) is 3.97. The second kappa shape index (κ2) is 6.93. The molecule has 1 aliphatic rings. The lowest BCUT2D eigenvalue weighted by Crippen LogP contribution is -2.59. The molecule has 0 saturated carbocycles. The number of hydrogen-bond donors (Lipinski definition) is 1. The molecule has 114 valence electrons. The number of rotatable bonds is 5. The zero-order valence-corrected chi connectivity index (χ0v) is 12.4. The molecule has 1 fully saturated rings. The van der Waals surface area contributed by atoms with Crippen molar-refractivity contribution in [3.05, 3.63) is 0 Å². The summed E-state index contributed by atoms with van der Waals surface area (Å²) in [6.45, 7) is 10.9. The van der Waals surface area contributed by atoms with E-state index in [4.69, 9.17) is 0 Å². The lowest BCUT2D eigenvalue weighted by atomic mass is 9.94. The Morgan fingerprint density at radius 1 is 1.16 bits per heavy atom. The molecule has 0 aliphatic carbocycles. The first-order valence-electron chi connectivity index (χ1n) is 7.25. The van der Waals surface area contributed by atoms with E-state index in [1.54, 1.807) is 0 Å². The molecule has 2 unspecified atom stereocenters. The van der Waals surface area contributed by atoms with Crippen molar-refractivity contribution < 1.29 is 13.2 Å². The molecule has 0 amide bonds. The largest absolute Gasteiger partial charge is 0.389 e. The van der Waals surface area contributed by atoms with Gasteiger partial charge in [0, 0.05) is 31.6 Å². The van der Waals surface area contributed by atoms with Gasteiger partial charge in [0.05, 0.1) is 0 Å². The molecule has 1 heterocycles. The Hall–Kier alpha value is -0.290. The fourth-order valence-electron chi connectivity index (χ4n) is 2.70. The van der Waals surface area contributed by atoms with Gasteiger partial charge >= 0.3 is 6.18 Å². The van der Waals surface area contributed by atoms with Crippen LogP contribution in [0, 0.1) is 11.8 Å². The molecule has 0 radical (unpaired) electrons. The molecular formula is C14H27F3N2. The maximum Gasteiger partial charge on any atom is 0.389 e. The second-order valence-corrected chi connectivity index (χ2v) is 6.28. The average molecular weight is 280 g/mol. The highest BCUT2D eigenvalue weighted by atomic mass is 19.4. The second-order valence-electron chi connectivity index (χ2n) is 6.28. The van der Waals surface area contributed by atoms with Crippen LogP contribution in [0.25, 0.3) is 0 Å². The van der Waals surface area contributed by atoms with Gasteiger partial charge in [0.25, 0.3) is 0 Å². The summed E-state index contributed by atoms with van der Waals surface area (Å²) < 4.78 is 36.7. The first-order chi connectivity index (χ1) is 8.70. The van der Waals surface area contributed by atoms with E-state index in [0.717, 1.165) is 13.1 Å². The molecule has 1 rings (SSSR count). The first-order valence-corrected chi connectivity index (χ1v) is 7.25. The van der Waals surface area contributed by atoms with Crippen molar-refractivity contribution in [3.8, 4) is 0 Å². The average Bonchev–Trinajstić information content (AvgIpc) is 2.26. The van der Waals surface area contributed by atoms with Gasteiger partial charge in [-0.3, -0.25) is 4.90 Å². The molecule has 5 heteroatoms. The monoisotopic (exact) mass is 280 g/mol. The van der Waals surface area contributed by atoms with Crippen LogP contribution in [0.2, 0.25) is 0 Å². The summed E-state index contributed by atoms with van der Waals surface area (Å²) in [4.78, 5) is 2.25. The Kier molecular flexibility index (Phi) is 6.12. The van der Waals surface area contributed by atoms with Crippen LogP contribution < -0.4 is 5.32 Å². The number of alkyl halides is 3. The Morgan fingerprint density at radius 3 is 2.26 bits per heavy atom. The molecule has 0 aromatic rings. The summed E-state index contributed by atoms with van der Waals surface area (Å²) >= 11 is 0. The van der Waals surface area contributed by atoms with Gasteiger partial charge < -0.3 is 5.32 Å². The Labute approximate surface area is 114 Å². The maximum atomic E-state index is 12.2. The molecule has 0 aromatic heterocycles. The van der Waals surface area contributed by atoms with Crippen molar-refractivity contribution in [2.24, 2.45) is 11.8 Å². The van der Waals surface area contributed by atoms with Gasteiger partial charge in [-0.1, -0.05) is 27.7 Å². The fraction of sp³-hybridized carbons (Fsp3) is 1.00. The number of hydrogen-bond acceptors (Lipinski definition) is 2. The maximum absolute atomic E-state index is 12.2. The minimum Gasteiger partial charge on any atom is -0.311 e. The SMILES string of the molecule is CC(C)C1CN(CCCC(F)(F)F)C(C(C)C)CN1. The number of piperazine rings is 1. The highest BCUT2D eigenvalue weighted by molar-refractivity contribution is 4.89. The van der Waals surface area contributed by atoms with Crippen LogP contribution in [-0.2, 0) is 0 Å². The summed E-state index contributed by atoms with van der Waals surface area (Å²) in [6, 6.07) is 0.740. The molecule has 2 atom stereocenters. The molecular weight excluding hydrogens is 253 g/mol. The highest BCUT2D eigenvalue weighted by Crippen LogP contribution is 2.23. The normalized spacial score (nSPS) is 26.4. The van der Waals surface area contributed by atoms with E-state index < -0.39 is 12.6 Å². The van der Waals surface area contributed by atoms with Crippen molar-refractivity contribution in [1.29, 1.82) is 0 Å². The van der Waals surface area contributed by atoms with E-state index in [0.29, 0.717) is 30.5 Å². The van der Waals surface area contributed by atoms with E-state index in [2.05, 4.69) is 37.9 Å². The Balaban J connectivity index is 2.52. The van der Waals surface area contributed by atoms with Crippen molar-refractivity contribution >= 4 is 0 Å². The summed E-state index contributed by atoms with van der Waals surface area (Å²) in [5.74, 6) is 0.977. The minimum atomic E-state index is -4.03.